The lowest BCUT2D eigenvalue weighted by Crippen LogP contribution is -2.38. The summed E-state index contributed by atoms with van der Waals surface area (Å²) in [6.45, 7) is -0.522. The fourth-order valence-corrected chi connectivity index (χ4v) is 2.95. The Hall–Kier alpha value is -1.46. The number of carbonyl (C=O) groups is 1. The number of H-pyrrole nitrogens is 1. The minimum atomic E-state index is -3.90. The fraction of sp³-hybridized carbons (Fsp3) is 0.462. The molecular weight excluding hydrogens is 430 g/mol. The first-order valence-corrected chi connectivity index (χ1v) is 10.7. The molecule has 1 aliphatic rings. The number of nitrogens with zero attached hydrogens (tertiary/aromatic N) is 1. The van der Waals surface area contributed by atoms with Crippen molar-refractivity contribution in [3.05, 3.63) is 38.7 Å². The van der Waals surface area contributed by atoms with Gasteiger partial charge in [-0.25, -0.2) is 9.59 Å². The average Bonchev–Trinajstić information content (AvgIpc) is 2.86. The molecule has 27 heavy (non-hydrogen) atoms. The molecule has 0 saturated carbocycles. The van der Waals surface area contributed by atoms with Gasteiger partial charge in [0.25, 0.3) is 5.56 Å². The van der Waals surface area contributed by atoms with Crippen LogP contribution in [0.3, 0.4) is 0 Å². The van der Waals surface area contributed by atoms with Gasteiger partial charge >= 0.3 is 17.7 Å². The number of halogens is 2. The van der Waals surface area contributed by atoms with Gasteiger partial charge in [-0.3, -0.25) is 18.9 Å². The van der Waals surface area contributed by atoms with E-state index in [0.717, 1.165) is 30.0 Å². The van der Waals surface area contributed by atoms with E-state index in [1.165, 1.54) is 0 Å². The van der Waals surface area contributed by atoms with Gasteiger partial charge in [0, 0.05) is 12.3 Å². The Bertz CT molecular complexity index is 893. The molecule has 2 unspecified atom stereocenters. The number of esters is 1. The number of aromatic amines is 1. The normalized spacial score (nSPS) is 25.8. The molecule has 0 spiro atoms. The first-order chi connectivity index (χ1) is 12.5. The van der Waals surface area contributed by atoms with Crippen molar-refractivity contribution < 1.29 is 33.6 Å². The quantitative estimate of drug-likeness (QED) is 0.310. The van der Waals surface area contributed by atoms with Crippen molar-refractivity contribution in [1.29, 1.82) is 0 Å². The molecule has 0 bridgehead atoms. The van der Waals surface area contributed by atoms with Crippen LogP contribution in [0, 0.1) is 0 Å². The molecule has 0 amide bonds. The molecule has 0 aromatic carbocycles. The van der Waals surface area contributed by atoms with Crippen molar-refractivity contribution in [3.8, 4) is 0 Å². The van der Waals surface area contributed by atoms with Gasteiger partial charge in [0.1, 0.15) is 18.3 Å². The highest BCUT2D eigenvalue weighted by molar-refractivity contribution is 8.05. The third kappa shape index (κ3) is 5.52. The molecule has 0 aliphatic carbocycles. The number of rotatable bonds is 6. The summed E-state index contributed by atoms with van der Waals surface area (Å²) in [6.07, 6.45) is -6.56. The lowest BCUT2D eigenvalue weighted by atomic mass is 10.1. The van der Waals surface area contributed by atoms with Crippen LogP contribution < -0.4 is 11.2 Å². The molecular formula is C13H15Cl2N2O9P. The Labute approximate surface area is 161 Å². The SMILES string of the molecule is COC(=O)/C=C/c1cn([C@@H]2O[C@H](COP(=O)(Cl)Cl)C(O)C2O)c(=O)[nH]c1=O. The minimum Gasteiger partial charge on any atom is -0.466 e. The summed E-state index contributed by atoms with van der Waals surface area (Å²) >= 11 is 10.5. The maximum atomic E-state index is 12.1. The molecule has 1 aromatic rings. The lowest BCUT2D eigenvalue weighted by Gasteiger charge is -2.17. The van der Waals surface area contributed by atoms with Gasteiger partial charge in [0.15, 0.2) is 6.23 Å². The lowest BCUT2D eigenvalue weighted by molar-refractivity contribution is -0.134. The predicted molar refractivity (Wildman–Crippen MR) is 93.6 cm³/mol. The average molecular weight is 445 g/mol. The van der Waals surface area contributed by atoms with Gasteiger partial charge in [0.05, 0.1) is 19.3 Å². The summed E-state index contributed by atoms with van der Waals surface area (Å²) in [5, 5.41) is 20.2. The van der Waals surface area contributed by atoms with Crippen LogP contribution >= 0.6 is 28.6 Å². The van der Waals surface area contributed by atoms with Crippen LogP contribution in [0.1, 0.15) is 11.8 Å². The molecule has 1 aliphatic heterocycles. The zero-order valence-electron chi connectivity index (χ0n) is 13.7. The second-order valence-corrected chi connectivity index (χ2v) is 9.64. The van der Waals surface area contributed by atoms with Gasteiger partial charge in [0.2, 0.25) is 0 Å². The fourth-order valence-electron chi connectivity index (χ4n) is 2.29. The highest BCUT2D eigenvalue weighted by atomic mass is 35.9. The van der Waals surface area contributed by atoms with E-state index in [9.17, 15) is 29.2 Å². The number of aliphatic hydroxyl groups is 2. The molecule has 1 fully saturated rings. The summed E-state index contributed by atoms with van der Waals surface area (Å²) < 4.78 is 26.4. The van der Waals surface area contributed by atoms with E-state index in [-0.39, 0.29) is 5.56 Å². The van der Waals surface area contributed by atoms with Gasteiger partial charge in [-0.15, -0.1) is 0 Å². The maximum Gasteiger partial charge on any atom is 0.380 e. The van der Waals surface area contributed by atoms with Crippen molar-refractivity contribution >= 4 is 40.6 Å². The second-order valence-electron chi connectivity index (χ2n) is 5.36. The Balaban J connectivity index is 2.30. The summed E-state index contributed by atoms with van der Waals surface area (Å²) in [6, 6.07) is 0. The predicted octanol–water partition coefficient (Wildman–Crippen LogP) is -0.0557. The van der Waals surface area contributed by atoms with Gasteiger partial charge in [-0.2, -0.15) is 0 Å². The number of nitrogens with one attached hydrogen (secondary N) is 1. The number of carbonyl (C=O) groups excluding carboxylic acids is 1. The number of hydrogen-bond donors (Lipinski definition) is 3. The molecule has 11 nitrogen and oxygen atoms in total. The molecule has 150 valence electrons. The van der Waals surface area contributed by atoms with Crippen LogP contribution in [0.15, 0.2) is 21.9 Å². The maximum absolute atomic E-state index is 12.1. The third-order valence-corrected chi connectivity index (χ3v) is 4.63. The van der Waals surface area contributed by atoms with Gasteiger partial charge in [-0.05, 0) is 28.6 Å². The molecule has 0 radical (unpaired) electrons. The van der Waals surface area contributed by atoms with Crippen molar-refractivity contribution in [2.24, 2.45) is 0 Å². The van der Waals surface area contributed by atoms with E-state index >= 15 is 0 Å². The number of aliphatic hydroxyl groups excluding tert-OH is 2. The van der Waals surface area contributed by atoms with E-state index in [1.807, 2.05) is 4.98 Å². The summed E-state index contributed by atoms with van der Waals surface area (Å²) in [5.74, 6) is -0.733. The van der Waals surface area contributed by atoms with Crippen molar-refractivity contribution in [1.82, 2.24) is 9.55 Å². The number of aromatic nitrogens is 2. The second kappa shape index (κ2) is 8.70. The zero-order valence-corrected chi connectivity index (χ0v) is 16.1. The molecule has 2 rings (SSSR count). The van der Waals surface area contributed by atoms with Crippen molar-refractivity contribution in [2.75, 3.05) is 13.7 Å². The Kier molecular flexibility index (Phi) is 7.03. The number of hydrogen-bond acceptors (Lipinski definition) is 9. The van der Waals surface area contributed by atoms with Gasteiger partial charge < -0.3 is 24.2 Å². The number of methoxy groups -OCH3 is 1. The molecule has 3 N–H and O–H groups in total. The van der Waals surface area contributed by atoms with Crippen LogP contribution in [0.25, 0.3) is 6.08 Å². The largest absolute Gasteiger partial charge is 0.466 e. The Morgan fingerprint density at radius 2 is 2.07 bits per heavy atom. The van der Waals surface area contributed by atoms with E-state index in [4.69, 9.17) is 27.2 Å². The van der Waals surface area contributed by atoms with Crippen LogP contribution in [0.2, 0.25) is 0 Å². The monoisotopic (exact) mass is 444 g/mol. The highest BCUT2D eigenvalue weighted by Crippen LogP contribution is 2.57. The molecule has 14 heteroatoms. The van der Waals surface area contributed by atoms with Crippen LogP contribution in [0.5, 0.6) is 0 Å². The topological polar surface area (TPSA) is 157 Å². The summed E-state index contributed by atoms with van der Waals surface area (Å²) in [5.41, 5.74) is -1.85. The number of ether oxygens (including phenoxy) is 2. The molecule has 1 saturated heterocycles. The van der Waals surface area contributed by atoms with Crippen molar-refractivity contribution in [3.63, 3.8) is 0 Å². The van der Waals surface area contributed by atoms with E-state index < -0.39 is 54.4 Å². The minimum absolute atomic E-state index is 0.115. The van der Waals surface area contributed by atoms with E-state index in [1.54, 1.807) is 0 Å². The smallest absolute Gasteiger partial charge is 0.380 e. The summed E-state index contributed by atoms with van der Waals surface area (Å²) in [7, 11) is 1.14. The summed E-state index contributed by atoms with van der Waals surface area (Å²) in [4.78, 5) is 37.0. The Morgan fingerprint density at radius 3 is 2.67 bits per heavy atom. The highest BCUT2D eigenvalue weighted by Gasteiger charge is 2.45. The van der Waals surface area contributed by atoms with E-state index in [2.05, 4.69) is 9.26 Å². The van der Waals surface area contributed by atoms with Crippen LogP contribution in [-0.2, 0) is 23.4 Å². The molecule has 1 aromatic heterocycles. The van der Waals surface area contributed by atoms with Gasteiger partial charge in [-0.1, -0.05) is 0 Å². The van der Waals surface area contributed by atoms with Crippen LogP contribution in [0.4, 0.5) is 0 Å². The van der Waals surface area contributed by atoms with E-state index in [0.29, 0.717) is 0 Å². The first kappa shape index (κ1) is 21.8. The van der Waals surface area contributed by atoms with Crippen molar-refractivity contribution in [2.45, 2.75) is 24.5 Å². The van der Waals surface area contributed by atoms with Crippen LogP contribution in [-0.4, -0.2) is 57.8 Å². The molecule has 2 heterocycles. The molecule has 4 atom stereocenters. The standard InChI is InChI=1S/C13H15Cl2N2O9P/c1-24-8(18)3-2-6-4-17(13(22)16-11(6)21)12-10(20)9(19)7(26-12)5-25-27(14,15)23/h2-4,7,9-10,12,19-20H,5H2,1H3,(H,16,21,22)/b3-2+/t7-,9?,10?,12-/m1/s1. The third-order valence-electron chi connectivity index (χ3n) is 3.60. The Morgan fingerprint density at radius 1 is 1.41 bits per heavy atom. The zero-order chi connectivity index (χ0) is 20.4. The first-order valence-electron chi connectivity index (χ1n) is 7.30.